The number of amides is 1. The fourth-order valence-corrected chi connectivity index (χ4v) is 4.64. The van der Waals surface area contributed by atoms with Crippen LogP contribution in [0.2, 0.25) is 5.02 Å². The molecule has 1 saturated heterocycles. The van der Waals surface area contributed by atoms with E-state index in [1.54, 1.807) is 24.3 Å². The summed E-state index contributed by atoms with van der Waals surface area (Å²) in [6, 6.07) is 10.1. The molecule has 1 fully saturated rings. The topological polar surface area (TPSA) is 78.0 Å². The Morgan fingerprint density at radius 1 is 1.11 bits per heavy atom. The summed E-state index contributed by atoms with van der Waals surface area (Å²) in [4.78, 5) is 30.8. The highest BCUT2D eigenvalue weighted by Crippen LogP contribution is 2.42. The van der Waals surface area contributed by atoms with E-state index in [-0.39, 0.29) is 39.8 Å². The van der Waals surface area contributed by atoms with Gasteiger partial charge in [-0.25, -0.2) is 4.79 Å². The van der Waals surface area contributed by atoms with Crippen LogP contribution >= 0.6 is 11.6 Å². The molecule has 37 heavy (non-hydrogen) atoms. The molecule has 0 unspecified atom stereocenters. The number of hydrogen-bond acceptors (Lipinski definition) is 6. The molecule has 2 heterocycles. The molecule has 0 aliphatic carbocycles. The van der Waals surface area contributed by atoms with Crippen molar-refractivity contribution >= 4 is 34.4 Å². The zero-order valence-electron chi connectivity index (χ0n) is 20.6. The maximum atomic E-state index is 13.7. The molecule has 1 amide bonds. The van der Waals surface area contributed by atoms with E-state index in [9.17, 15) is 18.4 Å². The van der Waals surface area contributed by atoms with Crippen molar-refractivity contribution in [1.82, 2.24) is 9.88 Å². The van der Waals surface area contributed by atoms with Crippen molar-refractivity contribution < 1.29 is 32.6 Å². The van der Waals surface area contributed by atoms with Crippen molar-refractivity contribution in [2.45, 2.75) is 39.2 Å². The molecule has 7 nitrogen and oxygen atoms in total. The van der Waals surface area contributed by atoms with Gasteiger partial charge >= 0.3 is 12.6 Å². The normalized spacial score (nSPS) is 13.3. The fourth-order valence-electron chi connectivity index (χ4n) is 4.44. The minimum absolute atomic E-state index is 0.0190. The Hall–Kier alpha value is -3.46. The van der Waals surface area contributed by atoms with Crippen molar-refractivity contribution in [1.29, 1.82) is 0 Å². The van der Waals surface area contributed by atoms with Crippen molar-refractivity contribution in [2.24, 2.45) is 0 Å². The molecular formula is C27H27ClF2N2O5. The first-order chi connectivity index (χ1) is 17.8. The third-order valence-electron chi connectivity index (χ3n) is 6.28. The second kappa shape index (κ2) is 11.7. The quantitative estimate of drug-likeness (QED) is 0.342. The second-order valence-corrected chi connectivity index (χ2v) is 9.01. The Morgan fingerprint density at radius 2 is 1.81 bits per heavy atom. The summed E-state index contributed by atoms with van der Waals surface area (Å²) in [5.41, 5.74) is 2.57. The monoisotopic (exact) mass is 532 g/mol. The number of rotatable bonds is 9. The molecule has 3 aromatic rings. The number of pyridine rings is 1. The molecule has 4 rings (SSSR count). The van der Waals surface area contributed by atoms with Crippen LogP contribution in [-0.4, -0.2) is 55.2 Å². The molecule has 0 bridgehead atoms. The van der Waals surface area contributed by atoms with Gasteiger partial charge in [-0.15, -0.1) is 0 Å². The number of carbonyl (C=O) groups is 2. The number of carbonyl (C=O) groups excluding carboxylic acids is 2. The van der Waals surface area contributed by atoms with Crippen LogP contribution in [0.4, 0.5) is 8.78 Å². The summed E-state index contributed by atoms with van der Waals surface area (Å²) >= 11 is 6.38. The Labute approximate surface area is 218 Å². The van der Waals surface area contributed by atoms with E-state index in [0.717, 1.165) is 31.5 Å². The van der Waals surface area contributed by atoms with Gasteiger partial charge in [0.15, 0.2) is 6.61 Å². The molecule has 10 heteroatoms. The number of nitrogens with zero attached hydrogens (tertiary/aromatic N) is 2. The predicted octanol–water partition coefficient (Wildman–Crippen LogP) is 5.43. The number of aromatic nitrogens is 1. The lowest BCUT2D eigenvalue weighted by Crippen LogP contribution is -2.27. The predicted molar refractivity (Wildman–Crippen MR) is 135 cm³/mol. The number of alkyl halides is 2. The van der Waals surface area contributed by atoms with Gasteiger partial charge < -0.3 is 19.1 Å². The van der Waals surface area contributed by atoms with Gasteiger partial charge in [0.2, 0.25) is 0 Å². The van der Waals surface area contributed by atoms with Crippen molar-refractivity contribution in [3.8, 4) is 11.5 Å². The van der Waals surface area contributed by atoms with Crippen molar-refractivity contribution in [2.75, 3.05) is 26.8 Å². The first kappa shape index (κ1) is 26.6. The number of fused-ring (bicyclic) bond motifs is 1. The molecule has 0 saturated carbocycles. The third kappa shape index (κ3) is 5.93. The SMILES string of the molecule is CCc1nc2c(Cl)ccc(OCC(=O)OC)c2c(OC(F)F)c1Cc1ccc(C(=O)N2CCCC2)cc1. The summed E-state index contributed by atoms with van der Waals surface area (Å²) in [5, 5.41) is 0.371. The van der Waals surface area contributed by atoms with Gasteiger partial charge in [-0.3, -0.25) is 9.78 Å². The summed E-state index contributed by atoms with van der Waals surface area (Å²) < 4.78 is 42.6. The minimum Gasteiger partial charge on any atom is -0.481 e. The van der Waals surface area contributed by atoms with Gasteiger partial charge in [-0.2, -0.15) is 8.78 Å². The molecule has 0 spiro atoms. The Morgan fingerprint density at radius 3 is 2.43 bits per heavy atom. The number of esters is 1. The first-order valence-electron chi connectivity index (χ1n) is 12.0. The number of likely N-dealkylation sites (tertiary alicyclic amines) is 1. The highest BCUT2D eigenvalue weighted by molar-refractivity contribution is 6.35. The summed E-state index contributed by atoms with van der Waals surface area (Å²) in [5.74, 6) is -0.657. The van der Waals surface area contributed by atoms with Crippen LogP contribution in [0, 0.1) is 0 Å². The molecule has 1 aliphatic rings. The molecule has 0 atom stereocenters. The molecule has 0 radical (unpaired) electrons. The molecule has 2 aromatic carbocycles. The van der Waals surface area contributed by atoms with E-state index in [1.165, 1.54) is 19.2 Å². The van der Waals surface area contributed by atoms with Crippen LogP contribution in [0.3, 0.4) is 0 Å². The number of methoxy groups -OCH3 is 1. The summed E-state index contributed by atoms with van der Waals surface area (Å²) in [7, 11) is 1.22. The summed E-state index contributed by atoms with van der Waals surface area (Å²) in [6.45, 7) is -0.200. The largest absolute Gasteiger partial charge is 0.481 e. The Kier molecular flexibility index (Phi) is 8.43. The van der Waals surface area contributed by atoms with E-state index in [1.807, 2.05) is 11.8 Å². The molecule has 0 N–H and O–H groups in total. The number of hydrogen-bond donors (Lipinski definition) is 0. The molecule has 196 valence electrons. The van der Waals surface area contributed by atoms with Crippen LogP contribution in [-0.2, 0) is 22.4 Å². The van der Waals surface area contributed by atoms with Gasteiger partial charge in [0, 0.05) is 36.3 Å². The Bertz CT molecular complexity index is 1290. The van der Waals surface area contributed by atoms with Gasteiger partial charge in [-0.05, 0) is 49.1 Å². The number of halogens is 3. The van der Waals surface area contributed by atoms with Crippen LogP contribution in [0.5, 0.6) is 11.5 Å². The van der Waals surface area contributed by atoms with Crippen LogP contribution < -0.4 is 9.47 Å². The van der Waals surface area contributed by atoms with Gasteiger partial charge in [0.1, 0.15) is 11.5 Å². The van der Waals surface area contributed by atoms with Crippen LogP contribution in [0.25, 0.3) is 10.9 Å². The summed E-state index contributed by atoms with van der Waals surface area (Å²) in [6.07, 6.45) is 2.65. The van der Waals surface area contributed by atoms with E-state index in [0.29, 0.717) is 23.2 Å². The lowest BCUT2D eigenvalue weighted by Gasteiger charge is -2.20. The number of benzene rings is 2. The zero-order valence-corrected chi connectivity index (χ0v) is 21.3. The second-order valence-electron chi connectivity index (χ2n) is 8.61. The minimum atomic E-state index is -3.12. The van der Waals surface area contributed by atoms with Crippen molar-refractivity contribution in [3.63, 3.8) is 0 Å². The van der Waals surface area contributed by atoms with Crippen molar-refractivity contribution in [3.05, 3.63) is 63.8 Å². The fraction of sp³-hybridized carbons (Fsp3) is 0.370. The van der Waals surface area contributed by atoms with Gasteiger partial charge in [0.05, 0.1) is 23.0 Å². The first-order valence-corrected chi connectivity index (χ1v) is 12.4. The molecular weight excluding hydrogens is 506 g/mol. The molecule has 1 aliphatic heterocycles. The third-order valence-corrected chi connectivity index (χ3v) is 6.58. The lowest BCUT2D eigenvalue weighted by atomic mass is 9.97. The standard InChI is InChI=1S/C27H27ClF2N2O5/c1-3-20-18(14-16-6-8-17(9-7-16)26(34)32-12-4-5-13-32)25(37-27(29)30)23-21(36-15-22(33)35-2)11-10-19(28)24(23)31-20/h6-11,27H,3-5,12-15H2,1-2H3. The zero-order chi connectivity index (χ0) is 26.5. The van der Waals surface area contributed by atoms with Crippen LogP contribution in [0.1, 0.15) is 46.9 Å². The maximum Gasteiger partial charge on any atom is 0.387 e. The van der Waals surface area contributed by atoms with E-state index >= 15 is 0 Å². The number of aryl methyl sites for hydroxylation is 1. The highest BCUT2D eigenvalue weighted by atomic mass is 35.5. The lowest BCUT2D eigenvalue weighted by molar-refractivity contribution is -0.142. The average molecular weight is 533 g/mol. The highest BCUT2D eigenvalue weighted by Gasteiger charge is 2.24. The maximum absolute atomic E-state index is 13.7. The average Bonchev–Trinajstić information content (AvgIpc) is 3.44. The van der Waals surface area contributed by atoms with Gasteiger partial charge in [0.25, 0.3) is 5.91 Å². The molecule has 1 aromatic heterocycles. The van der Waals surface area contributed by atoms with E-state index in [4.69, 9.17) is 21.1 Å². The van der Waals surface area contributed by atoms with E-state index in [2.05, 4.69) is 9.72 Å². The number of ether oxygens (including phenoxy) is 3. The Balaban J connectivity index is 1.77. The van der Waals surface area contributed by atoms with Crippen LogP contribution in [0.15, 0.2) is 36.4 Å². The van der Waals surface area contributed by atoms with Gasteiger partial charge in [-0.1, -0.05) is 30.7 Å². The smallest absolute Gasteiger partial charge is 0.387 e. The van der Waals surface area contributed by atoms with E-state index < -0.39 is 19.2 Å².